The summed E-state index contributed by atoms with van der Waals surface area (Å²) >= 11 is 0. The van der Waals surface area contributed by atoms with E-state index in [4.69, 9.17) is 0 Å². The van der Waals surface area contributed by atoms with E-state index >= 15 is 0 Å². The molecule has 2 heterocycles. The first kappa shape index (κ1) is 15.8. The lowest BCUT2D eigenvalue weighted by Gasteiger charge is -2.32. The van der Waals surface area contributed by atoms with Crippen LogP contribution < -0.4 is 0 Å². The van der Waals surface area contributed by atoms with Gasteiger partial charge in [-0.1, -0.05) is 12.1 Å². The molecule has 1 saturated heterocycles. The highest BCUT2D eigenvalue weighted by Gasteiger charge is 2.40. The van der Waals surface area contributed by atoms with Gasteiger partial charge in [-0.3, -0.25) is 4.90 Å². The van der Waals surface area contributed by atoms with Crippen LogP contribution in [0.4, 0.5) is 0 Å². The molecule has 1 aliphatic carbocycles. The van der Waals surface area contributed by atoms with Gasteiger partial charge in [-0.25, -0.2) is 4.68 Å². The van der Waals surface area contributed by atoms with Crippen molar-refractivity contribution in [2.24, 2.45) is 11.8 Å². The van der Waals surface area contributed by atoms with Crippen molar-refractivity contribution in [2.75, 3.05) is 13.1 Å². The van der Waals surface area contributed by atoms with Crippen molar-refractivity contribution in [1.82, 2.24) is 14.7 Å². The first-order chi connectivity index (χ1) is 11.6. The Kier molecular flexibility index (Phi) is 4.16. The van der Waals surface area contributed by atoms with Crippen LogP contribution in [0.25, 0.3) is 5.69 Å². The van der Waals surface area contributed by atoms with Crippen molar-refractivity contribution in [1.29, 1.82) is 0 Å². The molecule has 5 nitrogen and oxygen atoms in total. The smallest absolute Gasteiger partial charge is 0.0802 e. The molecule has 2 fully saturated rings. The van der Waals surface area contributed by atoms with Gasteiger partial charge < -0.3 is 10.2 Å². The van der Waals surface area contributed by atoms with E-state index in [2.05, 4.69) is 41.3 Å². The lowest BCUT2D eigenvalue weighted by atomic mass is 9.79. The number of aromatic nitrogens is 2. The zero-order chi connectivity index (χ0) is 16.7. The van der Waals surface area contributed by atoms with Crippen molar-refractivity contribution < 1.29 is 10.2 Å². The minimum atomic E-state index is -0.546. The lowest BCUT2D eigenvalue weighted by Crippen LogP contribution is -2.38. The molecule has 128 valence electrons. The molecule has 1 aliphatic heterocycles. The molecule has 0 radical (unpaired) electrons. The average Bonchev–Trinajstić information content (AvgIpc) is 3.15. The van der Waals surface area contributed by atoms with Gasteiger partial charge in [0.1, 0.15) is 0 Å². The van der Waals surface area contributed by atoms with Gasteiger partial charge in [0.05, 0.1) is 24.1 Å². The van der Waals surface area contributed by atoms with Crippen LogP contribution in [0.5, 0.6) is 0 Å². The van der Waals surface area contributed by atoms with Crippen molar-refractivity contribution in [3.8, 4) is 5.69 Å². The molecular weight excluding hydrogens is 302 g/mol. The second kappa shape index (κ2) is 6.31. The fourth-order valence-corrected chi connectivity index (χ4v) is 4.25. The van der Waals surface area contributed by atoms with Gasteiger partial charge in [-0.05, 0) is 49.3 Å². The maximum atomic E-state index is 9.87. The van der Waals surface area contributed by atoms with Gasteiger partial charge in [0.15, 0.2) is 0 Å². The number of aliphatic hydroxyl groups is 2. The maximum Gasteiger partial charge on any atom is 0.0802 e. The molecule has 4 atom stereocenters. The number of aliphatic hydroxyl groups excluding tert-OH is 2. The molecule has 0 bridgehead atoms. The van der Waals surface area contributed by atoms with E-state index in [9.17, 15) is 10.2 Å². The summed E-state index contributed by atoms with van der Waals surface area (Å²) in [5, 5.41) is 24.2. The largest absolute Gasteiger partial charge is 0.390 e. The first-order valence-corrected chi connectivity index (χ1v) is 8.77. The quantitative estimate of drug-likeness (QED) is 0.901. The molecule has 5 heteroatoms. The Morgan fingerprint density at radius 2 is 1.83 bits per heavy atom. The second-order valence-electron chi connectivity index (χ2n) is 7.45. The summed E-state index contributed by atoms with van der Waals surface area (Å²) in [4.78, 5) is 2.43. The average molecular weight is 327 g/mol. The fraction of sp³-hybridized carbons (Fsp3) is 0.526. The molecule has 24 heavy (non-hydrogen) atoms. The zero-order valence-corrected chi connectivity index (χ0v) is 14.0. The number of fused-ring (bicyclic) bond motifs is 1. The summed E-state index contributed by atoms with van der Waals surface area (Å²) < 4.78 is 1.93. The van der Waals surface area contributed by atoms with Crippen LogP contribution in [0.2, 0.25) is 0 Å². The monoisotopic (exact) mass is 327 g/mol. The Morgan fingerprint density at radius 3 is 2.50 bits per heavy atom. The van der Waals surface area contributed by atoms with E-state index in [1.807, 2.05) is 16.9 Å². The first-order valence-electron chi connectivity index (χ1n) is 8.77. The normalized spacial score (nSPS) is 30.5. The number of hydrogen-bond donors (Lipinski definition) is 2. The molecule has 2 aromatic rings. The highest BCUT2D eigenvalue weighted by molar-refractivity contribution is 5.35. The molecule has 0 amide bonds. The van der Waals surface area contributed by atoms with Gasteiger partial charge in [0, 0.05) is 31.4 Å². The van der Waals surface area contributed by atoms with Crippen molar-refractivity contribution in [3.05, 3.63) is 47.8 Å². The number of rotatable bonds is 3. The highest BCUT2D eigenvalue weighted by Crippen LogP contribution is 2.37. The summed E-state index contributed by atoms with van der Waals surface area (Å²) in [6, 6.07) is 8.33. The molecule has 0 spiro atoms. The van der Waals surface area contributed by atoms with E-state index in [0.717, 1.165) is 38.2 Å². The van der Waals surface area contributed by atoms with Crippen LogP contribution in [0, 0.1) is 18.8 Å². The molecule has 1 aromatic carbocycles. The Bertz CT molecular complexity index is 696. The highest BCUT2D eigenvalue weighted by atomic mass is 16.3. The summed E-state index contributed by atoms with van der Waals surface area (Å²) in [5.74, 6) is 1.02. The number of nitrogens with zero attached hydrogens (tertiary/aromatic N) is 3. The maximum absolute atomic E-state index is 9.87. The van der Waals surface area contributed by atoms with Crippen LogP contribution in [0.3, 0.4) is 0 Å². The number of aryl methyl sites for hydroxylation is 1. The zero-order valence-electron chi connectivity index (χ0n) is 14.0. The number of hydrogen-bond acceptors (Lipinski definition) is 4. The molecule has 2 aliphatic rings. The van der Waals surface area contributed by atoms with Gasteiger partial charge in [0.25, 0.3) is 0 Å². The van der Waals surface area contributed by atoms with E-state index in [-0.39, 0.29) is 0 Å². The van der Waals surface area contributed by atoms with Gasteiger partial charge in [-0.2, -0.15) is 5.10 Å². The number of likely N-dealkylation sites (tertiary alicyclic amines) is 1. The standard InChI is InChI=1S/C19H25N3O2/c1-13-3-2-4-17(5-13)22-10-14(8-20-22)9-21-11-15-6-18(23)19(24)7-16(15)12-21/h2-5,8,10,15-16,18-19,23-24H,6-7,9,11-12H2,1H3/t15-,16+,18+,19-. The Morgan fingerprint density at radius 1 is 1.12 bits per heavy atom. The van der Waals surface area contributed by atoms with Crippen LogP contribution >= 0.6 is 0 Å². The molecule has 1 saturated carbocycles. The molecule has 4 rings (SSSR count). The summed E-state index contributed by atoms with van der Waals surface area (Å²) in [7, 11) is 0. The summed E-state index contributed by atoms with van der Waals surface area (Å²) in [5.41, 5.74) is 3.52. The minimum Gasteiger partial charge on any atom is -0.390 e. The summed E-state index contributed by atoms with van der Waals surface area (Å²) in [6.07, 6.45) is 4.40. The third-order valence-electron chi connectivity index (χ3n) is 5.49. The third kappa shape index (κ3) is 3.11. The minimum absolute atomic E-state index is 0.509. The van der Waals surface area contributed by atoms with Gasteiger partial charge in [-0.15, -0.1) is 0 Å². The predicted octanol–water partition coefficient (Wildman–Crippen LogP) is 1.74. The molecular formula is C19H25N3O2. The molecule has 1 aromatic heterocycles. The van der Waals surface area contributed by atoms with Crippen molar-refractivity contribution in [2.45, 2.75) is 38.5 Å². The van der Waals surface area contributed by atoms with Crippen LogP contribution in [-0.4, -0.2) is 50.2 Å². The van der Waals surface area contributed by atoms with Gasteiger partial charge >= 0.3 is 0 Å². The number of benzene rings is 1. The van der Waals surface area contributed by atoms with E-state index < -0.39 is 12.2 Å². The van der Waals surface area contributed by atoms with Gasteiger partial charge in [0.2, 0.25) is 0 Å². The lowest BCUT2D eigenvalue weighted by molar-refractivity contribution is -0.0372. The predicted molar refractivity (Wildman–Crippen MR) is 91.8 cm³/mol. The van der Waals surface area contributed by atoms with E-state index in [1.165, 1.54) is 11.1 Å². The van der Waals surface area contributed by atoms with Crippen LogP contribution in [0.15, 0.2) is 36.7 Å². The summed E-state index contributed by atoms with van der Waals surface area (Å²) in [6.45, 7) is 4.97. The SMILES string of the molecule is Cc1cccc(-n2cc(CN3C[C@H]4C[C@H](O)[C@H](O)C[C@H]4C3)cn2)c1. The molecule has 2 N–H and O–H groups in total. The third-order valence-corrected chi connectivity index (χ3v) is 5.49. The molecule has 0 unspecified atom stereocenters. The Hall–Kier alpha value is -1.69. The second-order valence-corrected chi connectivity index (χ2v) is 7.45. The van der Waals surface area contributed by atoms with Crippen LogP contribution in [0.1, 0.15) is 24.0 Å². The topological polar surface area (TPSA) is 61.5 Å². The Balaban J connectivity index is 1.42. The Labute approximate surface area is 142 Å². The fourth-order valence-electron chi connectivity index (χ4n) is 4.25. The van der Waals surface area contributed by atoms with Crippen molar-refractivity contribution >= 4 is 0 Å². The van der Waals surface area contributed by atoms with E-state index in [0.29, 0.717) is 11.8 Å². The van der Waals surface area contributed by atoms with Crippen LogP contribution in [-0.2, 0) is 6.54 Å². The van der Waals surface area contributed by atoms with E-state index in [1.54, 1.807) is 0 Å². The van der Waals surface area contributed by atoms with Crippen molar-refractivity contribution in [3.63, 3.8) is 0 Å².